The highest BCUT2D eigenvalue weighted by molar-refractivity contribution is 9.10. The quantitative estimate of drug-likeness (QED) is 0.833. The summed E-state index contributed by atoms with van der Waals surface area (Å²) in [6.45, 7) is 1.83. The molecule has 14 heavy (non-hydrogen) atoms. The van der Waals surface area contributed by atoms with Crippen LogP contribution in [0.4, 0.5) is 5.69 Å². The van der Waals surface area contributed by atoms with Crippen LogP contribution >= 0.6 is 15.9 Å². The van der Waals surface area contributed by atoms with Crippen molar-refractivity contribution in [2.45, 2.75) is 18.9 Å². The van der Waals surface area contributed by atoms with Crippen molar-refractivity contribution in [2.75, 3.05) is 18.0 Å². The maximum Gasteiger partial charge on any atom is 0.0574 e. The first-order chi connectivity index (χ1) is 6.75. The topological polar surface area (TPSA) is 36.4 Å². The number of nitrogens with zero attached hydrogens (tertiary/aromatic N) is 2. The minimum atomic E-state index is -0.119. The fourth-order valence-corrected chi connectivity index (χ4v) is 2.05. The summed E-state index contributed by atoms with van der Waals surface area (Å²) in [4.78, 5) is 6.38. The van der Waals surface area contributed by atoms with Crippen LogP contribution in [0.1, 0.15) is 12.8 Å². The summed E-state index contributed by atoms with van der Waals surface area (Å²) in [5, 5.41) is 9.38. The second-order valence-corrected chi connectivity index (χ2v) is 4.50. The molecule has 2 heterocycles. The van der Waals surface area contributed by atoms with Crippen LogP contribution in [0.15, 0.2) is 22.9 Å². The molecule has 0 amide bonds. The van der Waals surface area contributed by atoms with E-state index in [1.807, 2.05) is 6.20 Å². The van der Waals surface area contributed by atoms with Crippen LogP contribution in [-0.2, 0) is 0 Å². The predicted octanol–water partition coefficient (Wildman–Crippen LogP) is 1.81. The summed E-state index contributed by atoms with van der Waals surface area (Å²) >= 11 is 3.40. The molecule has 2 rings (SSSR count). The molecule has 1 saturated heterocycles. The number of rotatable bonds is 1. The summed E-state index contributed by atoms with van der Waals surface area (Å²) in [7, 11) is 0. The van der Waals surface area contributed by atoms with Crippen molar-refractivity contribution in [1.82, 2.24) is 4.98 Å². The number of pyridine rings is 1. The molecular formula is C10H13BrN2O. The lowest BCUT2D eigenvalue weighted by Crippen LogP contribution is -2.35. The van der Waals surface area contributed by atoms with Crippen molar-refractivity contribution in [2.24, 2.45) is 0 Å². The normalized spacial score (nSPS) is 18.6. The predicted molar refractivity (Wildman–Crippen MR) is 59.4 cm³/mol. The van der Waals surface area contributed by atoms with Gasteiger partial charge in [0.25, 0.3) is 0 Å². The summed E-state index contributed by atoms with van der Waals surface area (Å²) in [6, 6.07) is 2.06. The van der Waals surface area contributed by atoms with E-state index in [4.69, 9.17) is 0 Å². The highest BCUT2D eigenvalue weighted by Gasteiger charge is 2.17. The van der Waals surface area contributed by atoms with E-state index >= 15 is 0 Å². The Hall–Kier alpha value is -0.610. The zero-order valence-electron chi connectivity index (χ0n) is 7.86. The van der Waals surface area contributed by atoms with Gasteiger partial charge in [-0.25, -0.2) is 0 Å². The maximum atomic E-state index is 9.38. The first-order valence-electron chi connectivity index (χ1n) is 4.79. The lowest BCUT2D eigenvalue weighted by atomic mass is 10.1. The third-order valence-corrected chi connectivity index (χ3v) is 2.95. The Morgan fingerprint density at radius 2 is 2.07 bits per heavy atom. The van der Waals surface area contributed by atoms with Crippen molar-refractivity contribution in [3.8, 4) is 0 Å². The average Bonchev–Trinajstić information content (AvgIpc) is 2.19. The molecule has 4 heteroatoms. The van der Waals surface area contributed by atoms with Gasteiger partial charge in [-0.1, -0.05) is 0 Å². The van der Waals surface area contributed by atoms with Crippen LogP contribution < -0.4 is 4.90 Å². The number of hydrogen-bond acceptors (Lipinski definition) is 3. The fourth-order valence-electron chi connectivity index (χ4n) is 1.70. The molecule has 3 nitrogen and oxygen atoms in total. The monoisotopic (exact) mass is 256 g/mol. The molecule has 0 spiro atoms. The highest BCUT2D eigenvalue weighted by atomic mass is 79.9. The number of aromatic nitrogens is 1. The molecule has 0 unspecified atom stereocenters. The molecular weight excluding hydrogens is 244 g/mol. The van der Waals surface area contributed by atoms with E-state index in [2.05, 4.69) is 31.9 Å². The Labute approximate surface area is 91.9 Å². The molecule has 1 aromatic rings. The standard InChI is InChI=1S/C10H13BrN2O/c11-8-5-9(7-12-6-8)13-3-1-10(14)2-4-13/h5-7,10,14H,1-4H2. The van der Waals surface area contributed by atoms with E-state index < -0.39 is 0 Å². The smallest absolute Gasteiger partial charge is 0.0574 e. The van der Waals surface area contributed by atoms with Gasteiger partial charge in [0, 0.05) is 23.8 Å². The first-order valence-corrected chi connectivity index (χ1v) is 5.58. The molecule has 0 saturated carbocycles. The number of hydrogen-bond donors (Lipinski definition) is 1. The highest BCUT2D eigenvalue weighted by Crippen LogP contribution is 2.21. The van der Waals surface area contributed by atoms with Crippen molar-refractivity contribution >= 4 is 21.6 Å². The minimum absolute atomic E-state index is 0.119. The Kier molecular flexibility index (Phi) is 3.03. The van der Waals surface area contributed by atoms with E-state index in [0.717, 1.165) is 36.1 Å². The zero-order chi connectivity index (χ0) is 9.97. The Morgan fingerprint density at radius 3 is 2.71 bits per heavy atom. The Bertz CT molecular complexity index is 311. The second kappa shape index (κ2) is 4.28. The van der Waals surface area contributed by atoms with Gasteiger partial charge in [-0.15, -0.1) is 0 Å². The van der Waals surface area contributed by atoms with Gasteiger partial charge in [-0.3, -0.25) is 4.98 Å². The largest absolute Gasteiger partial charge is 0.393 e. The molecule has 0 bridgehead atoms. The molecule has 1 aliphatic rings. The minimum Gasteiger partial charge on any atom is -0.393 e. The lowest BCUT2D eigenvalue weighted by molar-refractivity contribution is 0.145. The molecule has 0 atom stereocenters. The summed E-state index contributed by atoms with van der Waals surface area (Å²) < 4.78 is 1.00. The fraction of sp³-hybridized carbons (Fsp3) is 0.500. The van der Waals surface area contributed by atoms with Crippen LogP contribution in [0.3, 0.4) is 0 Å². The SMILES string of the molecule is OC1CCN(c2cncc(Br)c2)CC1. The van der Waals surface area contributed by atoms with Gasteiger partial charge in [0.1, 0.15) is 0 Å². The van der Waals surface area contributed by atoms with Crippen molar-refractivity contribution in [3.05, 3.63) is 22.9 Å². The number of aliphatic hydroxyl groups is 1. The lowest BCUT2D eigenvalue weighted by Gasteiger charge is -2.31. The maximum absolute atomic E-state index is 9.38. The summed E-state index contributed by atoms with van der Waals surface area (Å²) in [6.07, 6.45) is 5.23. The number of halogens is 1. The van der Waals surface area contributed by atoms with Gasteiger partial charge in [-0.2, -0.15) is 0 Å². The van der Waals surface area contributed by atoms with Crippen molar-refractivity contribution < 1.29 is 5.11 Å². The Balaban J connectivity index is 2.08. The molecule has 76 valence electrons. The molecule has 0 aliphatic carbocycles. The van der Waals surface area contributed by atoms with Gasteiger partial charge < -0.3 is 10.0 Å². The van der Waals surface area contributed by atoms with Crippen molar-refractivity contribution in [3.63, 3.8) is 0 Å². The van der Waals surface area contributed by atoms with Crippen LogP contribution in [-0.4, -0.2) is 29.3 Å². The second-order valence-electron chi connectivity index (χ2n) is 3.58. The van der Waals surface area contributed by atoms with Gasteiger partial charge in [-0.05, 0) is 34.8 Å². The van der Waals surface area contributed by atoms with Crippen LogP contribution in [0.5, 0.6) is 0 Å². The van der Waals surface area contributed by atoms with Crippen LogP contribution in [0.25, 0.3) is 0 Å². The third kappa shape index (κ3) is 2.25. The molecule has 0 radical (unpaired) electrons. The van der Waals surface area contributed by atoms with Crippen LogP contribution in [0, 0.1) is 0 Å². The van der Waals surface area contributed by atoms with E-state index in [-0.39, 0.29) is 6.10 Å². The van der Waals surface area contributed by atoms with Gasteiger partial charge in [0.15, 0.2) is 0 Å². The third-order valence-electron chi connectivity index (χ3n) is 2.52. The molecule has 1 aliphatic heterocycles. The zero-order valence-corrected chi connectivity index (χ0v) is 9.44. The number of aliphatic hydroxyl groups excluding tert-OH is 1. The molecule has 1 aromatic heterocycles. The first kappa shape index (κ1) is 9.93. The summed E-state index contributed by atoms with van der Waals surface area (Å²) in [5.74, 6) is 0. The Morgan fingerprint density at radius 1 is 1.36 bits per heavy atom. The van der Waals surface area contributed by atoms with Crippen molar-refractivity contribution in [1.29, 1.82) is 0 Å². The molecule has 1 N–H and O–H groups in total. The van der Waals surface area contributed by atoms with Gasteiger partial charge in [0.05, 0.1) is 18.0 Å². The van der Waals surface area contributed by atoms with Gasteiger partial charge in [0.2, 0.25) is 0 Å². The van der Waals surface area contributed by atoms with Crippen LogP contribution in [0.2, 0.25) is 0 Å². The van der Waals surface area contributed by atoms with E-state index in [0.29, 0.717) is 0 Å². The van der Waals surface area contributed by atoms with Gasteiger partial charge >= 0.3 is 0 Å². The average molecular weight is 257 g/mol. The number of anilines is 1. The summed E-state index contributed by atoms with van der Waals surface area (Å²) in [5.41, 5.74) is 1.13. The molecule has 0 aromatic carbocycles. The van der Waals surface area contributed by atoms with E-state index in [9.17, 15) is 5.11 Å². The van der Waals surface area contributed by atoms with E-state index in [1.165, 1.54) is 0 Å². The molecule has 1 fully saturated rings. The van der Waals surface area contributed by atoms with E-state index in [1.54, 1.807) is 6.20 Å². The number of piperidine rings is 1.